The molecule has 1 N–H and O–H groups in total. The van der Waals surface area contributed by atoms with Gasteiger partial charge in [0.2, 0.25) is 0 Å². The lowest BCUT2D eigenvalue weighted by atomic mass is 9.81. The van der Waals surface area contributed by atoms with Crippen LogP contribution >= 0.6 is 0 Å². The van der Waals surface area contributed by atoms with E-state index in [1.54, 1.807) is 0 Å². The smallest absolute Gasteiger partial charge is 0.0270 e. The van der Waals surface area contributed by atoms with E-state index in [4.69, 9.17) is 0 Å². The third kappa shape index (κ3) is 3.21. The molecule has 0 radical (unpaired) electrons. The second-order valence-electron chi connectivity index (χ2n) is 6.31. The summed E-state index contributed by atoms with van der Waals surface area (Å²) in [6, 6.07) is 6.69. The molecule has 3 heterocycles. The van der Waals surface area contributed by atoms with E-state index in [1.165, 1.54) is 50.6 Å². The Morgan fingerprint density at radius 1 is 1.20 bits per heavy atom. The Balaban J connectivity index is 1.59. The van der Waals surface area contributed by atoms with Gasteiger partial charge >= 0.3 is 0 Å². The van der Waals surface area contributed by atoms with Gasteiger partial charge in [-0.05, 0) is 56.3 Å². The fourth-order valence-electron chi connectivity index (χ4n) is 4.11. The first-order valence-electron chi connectivity index (χ1n) is 8.25. The van der Waals surface area contributed by atoms with E-state index in [9.17, 15) is 0 Å². The first kappa shape index (κ1) is 14.0. The molecule has 1 aromatic rings. The van der Waals surface area contributed by atoms with Gasteiger partial charge in [0.25, 0.3) is 0 Å². The molecule has 0 aliphatic carbocycles. The molecule has 20 heavy (non-hydrogen) atoms. The highest BCUT2D eigenvalue weighted by Gasteiger charge is 2.37. The third-order valence-electron chi connectivity index (χ3n) is 5.03. The predicted molar refractivity (Wildman–Crippen MR) is 82.8 cm³/mol. The monoisotopic (exact) mass is 273 g/mol. The highest BCUT2D eigenvalue weighted by atomic mass is 15.2. The molecule has 2 aliphatic rings. The molecule has 2 aliphatic heterocycles. The summed E-state index contributed by atoms with van der Waals surface area (Å²) in [7, 11) is 0. The van der Waals surface area contributed by atoms with Gasteiger partial charge < -0.3 is 5.32 Å². The van der Waals surface area contributed by atoms with Crippen LogP contribution in [0.25, 0.3) is 0 Å². The van der Waals surface area contributed by atoms with Crippen LogP contribution in [-0.2, 0) is 6.42 Å². The van der Waals surface area contributed by atoms with Gasteiger partial charge in [-0.15, -0.1) is 0 Å². The highest BCUT2D eigenvalue weighted by molar-refractivity contribution is 5.10. The number of aromatic nitrogens is 1. The lowest BCUT2D eigenvalue weighted by Gasteiger charge is -2.49. The molecule has 3 nitrogen and oxygen atoms in total. The van der Waals surface area contributed by atoms with Gasteiger partial charge in [0.15, 0.2) is 0 Å². The quantitative estimate of drug-likeness (QED) is 0.894. The molecule has 0 amide bonds. The van der Waals surface area contributed by atoms with Crippen molar-refractivity contribution in [3.05, 3.63) is 30.1 Å². The molecule has 0 spiro atoms. The summed E-state index contributed by atoms with van der Waals surface area (Å²) in [5.74, 6) is 0. The number of pyridine rings is 1. The minimum Gasteiger partial charge on any atom is -0.314 e. The largest absolute Gasteiger partial charge is 0.314 e. The molecule has 2 atom stereocenters. The molecule has 2 saturated heterocycles. The van der Waals surface area contributed by atoms with E-state index in [0.29, 0.717) is 0 Å². The Labute approximate surface area is 122 Å². The van der Waals surface area contributed by atoms with Crippen molar-refractivity contribution in [3.8, 4) is 0 Å². The Bertz CT molecular complexity index is 392. The average Bonchev–Trinajstić information content (AvgIpc) is 2.46. The fourth-order valence-corrected chi connectivity index (χ4v) is 4.11. The molecule has 2 unspecified atom stereocenters. The average molecular weight is 273 g/mol. The summed E-state index contributed by atoms with van der Waals surface area (Å²) in [5.41, 5.74) is 1.42. The fraction of sp³-hybridized carbons (Fsp3) is 0.706. The van der Waals surface area contributed by atoms with Crippen LogP contribution in [0.3, 0.4) is 0 Å². The summed E-state index contributed by atoms with van der Waals surface area (Å²) in [5, 5.41) is 3.67. The predicted octanol–water partition coefficient (Wildman–Crippen LogP) is 2.62. The zero-order valence-corrected chi connectivity index (χ0v) is 12.6. The Kier molecular flexibility index (Phi) is 4.69. The van der Waals surface area contributed by atoms with Gasteiger partial charge in [0, 0.05) is 37.1 Å². The number of rotatable bonds is 5. The van der Waals surface area contributed by atoms with Gasteiger partial charge in [0.05, 0.1) is 0 Å². The molecule has 0 aromatic carbocycles. The molecule has 2 bridgehead atoms. The van der Waals surface area contributed by atoms with Crippen LogP contribution in [0.2, 0.25) is 0 Å². The first-order valence-corrected chi connectivity index (χ1v) is 8.25. The van der Waals surface area contributed by atoms with E-state index >= 15 is 0 Å². The zero-order chi connectivity index (χ0) is 13.8. The van der Waals surface area contributed by atoms with Crippen molar-refractivity contribution in [1.29, 1.82) is 0 Å². The lowest BCUT2D eigenvalue weighted by Crippen LogP contribution is -2.56. The molecule has 2 fully saturated rings. The first-order chi connectivity index (χ1) is 9.86. The summed E-state index contributed by atoms with van der Waals surface area (Å²) in [4.78, 5) is 6.91. The van der Waals surface area contributed by atoms with Crippen molar-refractivity contribution < 1.29 is 0 Å². The van der Waals surface area contributed by atoms with E-state index < -0.39 is 0 Å². The number of nitrogens with zero attached hydrogens (tertiary/aromatic N) is 2. The van der Waals surface area contributed by atoms with Crippen molar-refractivity contribution in [2.24, 2.45) is 0 Å². The topological polar surface area (TPSA) is 28.2 Å². The number of hydrogen-bond donors (Lipinski definition) is 1. The second kappa shape index (κ2) is 6.68. The summed E-state index contributed by atoms with van der Waals surface area (Å²) in [6.45, 7) is 4.56. The number of piperidine rings is 2. The maximum atomic E-state index is 4.11. The minimum atomic E-state index is 0.757. The van der Waals surface area contributed by atoms with Crippen molar-refractivity contribution in [2.45, 2.75) is 63.6 Å². The van der Waals surface area contributed by atoms with E-state index in [1.807, 2.05) is 12.4 Å². The van der Waals surface area contributed by atoms with Crippen LogP contribution in [0.4, 0.5) is 0 Å². The molecule has 1 aromatic heterocycles. The Morgan fingerprint density at radius 3 is 2.55 bits per heavy atom. The normalized spacial score (nSPS) is 30.4. The van der Waals surface area contributed by atoms with Gasteiger partial charge in [-0.2, -0.15) is 0 Å². The molecular weight excluding hydrogens is 246 g/mol. The van der Waals surface area contributed by atoms with Crippen LogP contribution in [0, 0.1) is 0 Å². The van der Waals surface area contributed by atoms with Crippen molar-refractivity contribution in [3.63, 3.8) is 0 Å². The maximum absolute atomic E-state index is 4.11. The second-order valence-corrected chi connectivity index (χ2v) is 6.31. The standard InChI is InChI=1S/C17H27N3/c1-2-19-15-12-16-4-3-5-17(13-15)20(16)11-8-14-6-9-18-10-7-14/h6-7,9-10,15-17,19H,2-5,8,11-13H2,1H3. The van der Waals surface area contributed by atoms with Crippen LogP contribution < -0.4 is 5.32 Å². The number of fused-ring (bicyclic) bond motifs is 2. The van der Waals surface area contributed by atoms with Crippen molar-refractivity contribution in [2.75, 3.05) is 13.1 Å². The van der Waals surface area contributed by atoms with Crippen LogP contribution in [0.1, 0.15) is 44.6 Å². The minimum absolute atomic E-state index is 0.757. The summed E-state index contributed by atoms with van der Waals surface area (Å²) < 4.78 is 0. The molecule has 3 heteroatoms. The van der Waals surface area contributed by atoms with E-state index in [2.05, 4.69) is 34.3 Å². The van der Waals surface area contributed by atoms with Crippen molar-refractivity contribution in [1.82, 2.24) is 15.2 Å². The molecular formula is C17H27N3. The molecule has 0 saturated carbocycles. The van der Waals surface area contributed by atoms with Gasteiger partial charge in [0.1, 0.15) is 0 Å². The number of hydrogen-bond acceptors (Lipinski definition) is 3. The zero-order valence-electron chi connectivity index (χ0n) is 12.6. The lowest BCUT2D eigenvalue weighted by molar-refractivity contribution is 0.0260. The van der Waals surface area contributed by atoms with E-state index in [-0.39, 0.29) is 0 Å². The summed E-state index contributed by atoms with van der Waals surface area (Å²) in [6.07, 6.45) is 11.9. The van der Waals surface area contributed by atoms with Gasteiger partial charge in [-0.25, -0.2) is 0 Å². The van der Waals surface area contributed by atoms with Gasteiger partial charge in [-0.3, -0.25) is 9.88 Å². The highest BCUT2D eigenvalue weighted by Crippen LogP contribution is 2.34. The molecule has 110 valence electrons. The third-order valence-corrected chi connectivity index (χ3v) is 5.03. The number of nitrogens with one attached hydrogen (secondary N) is 1. The Morgan fingerprint density at radius 2 is 1.90 bits per heavy atom. The SMILES string of the molecule is CCNC1CC2CCCC(C1)N2CCc1ccncc1. The van der Waals surface area contributed by atoms with Crippen LogP contribution in [-0.4, -0.2) is 41.1 Å². The van der Waals surface area contributed by atoms with Crippen LogP contribution in [0.5, 0.6) is 0 Å². The molecule has 3 rings (SSSR count). The van der Waals surface area contributed by atoms with Crippen LogP contribution in [0.15, 0.2) is 24.5 Å². The van der Waals surface area contributed by atoms with E-state index in [0.717, 1.165) is 24.7 Å². The van der Waals surface area contributed by atoms with Gasteiger partial charge in [-0.1, -0.05) is 13.3 Å². The van der Waals surface area contributed by atoms with Crippen molar-refractivity contribution >= 4 is 0 Å². The summed E-state index contributed by atoms with van der Waals surface area (Å²) >= 11 is 0. The maximum Gasteiger partial charge on any atom is 0.0270 e. The Hall–Kier alpha value is -0.930.